The molecule has 2 amide bonds. The predicted molar refractivity (Wildman–Crippen MR) is 89.9 cm³/mol. The third kappa shape index (κ3) is 4.69. The summed E-state index contributed by atoms with van der Waals surface area (Å²) in [5.74, 6) is -1.12. The van der Waals surface area contributed by atoms with Crippen LogP contribution in [0, 0.1) is 0 Å². The zero-order valence-electron chi connectivity index (χ0n) is 14.1. The van der Waals surface area contributed by atoms with Crippen LogP contribution in [0.25, 0.3) is 5.69 Å². The van der Waals surface area contributed by atoms with E-state index in [1.54, 1.807) is 12.1 Å². The number of nitrogens with one attached hydrogen (secondary N) is 2. The van der Waals surface area contributed by atoms with Crippen LogP contribution in [0.15, 0.2) is 54.9 Å². The van der Waals surface area contributed by atoms with Gasteiger partial charge in [0.15, 0.2) is 0 Å². The van der Waals surface area contributed by atoms with Gasteiger partial charge in [0.2, 0.25) is 5.91 Å². The number of carbonyl (C=O) groups is 2. The number of aromatic nitrogens is 4. The molecule has 1 heterocycles. The molecule has 0 saturated heterocycles. The summed E-state index contributed by atoms with van der Waals surface area (Å²) in [6.45, 7) is 0. The Labute approximate surface area is 156 Å². The van der Waals surface area contributed by atoms with Gasteiger partial charge in [-0.15, -0.1) is 5.10 Å². The van der Waals surface area contributed by atoms with Gasteiger partial charge in [0.05, 0.1) is 17.7 Å². The van der Waals surface area contributed by atoms with E-state index in [1.165, 1.54) is 35.3 Å². The van der Waals surface area contributed by atoms with Gasteiger partial charge in [0.25, 0.3) is 5.91 Å². The Kier molecular flexibility index (Phi) is 5.34. The number of halogens is 3. The van der Waals surface area contributed by atoms with Crippen LogP contribution in [0.2, 0.25) is 0 Å². The first-order chi connectivity index (χ1) is 13.3. The lowest BCUT2D eigenvalue weighted by molar-refractivity contribution is -0.137. The molecule has 1 aromatic heterocycles. The first-order valence-corrected chi connectivity index (χ1v) is 7.92. The van der Waals surface area contributed by atoms with Gasteiger partial charge in [-0.3, -0.25) is 20.4 Å². The van der Waals surface area contributed by atoms with E-state index in [0.717, 1.165) is 12.1 Å². The second kappa shape index (κ2) is 7.86. The van der Waals surface area contributed by atoms with Crippen LogP contribution in [0.3, 0.4) is 0 Å². The molecule has 3 aromatic rings. The van der Waals surface area contributed by atoms with E-state index in [2.05, 4.69) is 26.4 Å². The summed E-state index contributed by atoms with van der Waals surface area (Å²) < 4.78 is 39.0. The van der Waals surface area contributed by atoms with E-state index in [9.17, 15) is 22.8 Å². The van der Waals surface area contributed by atoms with Crippen molar-refractivity contribution in [1.82, 2.24) is 31.1 Å². The fourth-order valence-electron chi connectivity index (χ4n) is 2.28. The number of alkyl halides is 3. The van der Waals surface area contributed by atoms with Crippen molar-refractivity contribution in [2.75, 3.05) is 0 Å². The van der Waals surface area contributed by atoms with E-state index in [-0.39, 0.29) is 12.0 Å². The van der Waals surface area contributed by atoms with Gasteiger partial charge in [-0.2, -0.15) is 13.2 Å². The number of benzene rings is 2. The van der Waals surface area contributed by atoms with E-state index >= 15 is 0 Å². The second-order valence-electron chi connectivity index (χ2n) is 5.68. The fourth-order valence-corrected chi connectivity index (χ4v) is 2.28. The maximum absolute atomic E-state index is 12.5. The zero-order chi connectivity index (χ0) is 20.1. The molecule has 0 aliphatic carbocycles. The van der Waals surface area contributed by atoms with Crippen LogP contribution in [0.1, 0.15) is 21.5 Å². The monoisotopic (exact) mass is 390 g/mol. The summed E-state index contributed by atoms with van der Waals surface area (Å²) in [5.41, 5.74) is 4.98. The van der Waals surface area contributed by atoms with Gasteiger partial charge in [-0.1, -0.05) is 12.1 Å². The summed E-state index contributed by atoms with van der Waals surface area (Å²) in [4.78, 5) is 23.9. The van der Waals surface area contributed by atoms with E-state index in [4.69, 9.17) is 0 Å². The molecule has 0 fully saturated rings. The molecule has 2 aromatic carbocycles. The lowest BCUT2D eigenvalue weighted by atomic mass is 10.1. The molecule has 28 heavy (non-hydrogen) atoms. The number of tetrazole rings is 1. The van der Waals surface area contributed by atoms with Gasteiger partial charge in [0, 0.05) is 5.56 Å². The van der Waals surface area contributed by atoms with Gasteiger partial charge < -0.3 is 0 Å². The maximum Gasteiger partial charge on any atom is 0.416 e. The van der Waals surface area contributed by atoms with Crippen molar-refractivity contribution in [1.29, 1.82) is 0 Å². The quantitative estimate of drug-likeness (QED) is 0.660. The van der Waals surface area contributed by atoms with Gasteiger partial charge in [-0.05, 0) is 52.4 Å². The van der Waals surface area contributed by atoms with Gasteiger partial charge >= 0.3 is 6.18 Å². The molecule has 3 rings (SSSR count). The third-order valence-corrected chi connectivity index (χ3v) is 3.70. The molecule has 0 aliphatic heterocycles. The molecular weight excluding hydrogens is 377 g/mol. The Morgan fingerprint density at radius 2 is 1.64 bits per heavy atom. The Balaban J connectivity index is 1.52. The number of hydrazine groups is 1. The Morgan fingerprint density at radius 1 is 0.964 bits per heavy atom. The van der Waals surface area contributed by atoms with Crippen molar-refractivity contribution in [2.45, 2.75) is 12.6 Å². The SMILES string of the molecule is O=C(Cc1ccc(C(F)(F)F)cc1)NNC(=O)c1ccc(-n2cnnn2)cc1. The Hall–Kier alpha value is -3.76. The molecule has 0 unspecified atom stereocenters. The minimum atomic E-state index is -4.44. The van der Waals surface area contributed by atoms with Crippen LogP contribution in [-0.4, -0.2) is 32.0 Å². The molecule has 0 atom stereocenters. The first-order valence-electron chi connectivity index (χ1n) is 7.92. The van der Waals surface area contributed by atoms with E-state index in [0.29, 0.717) is 11.3 Å². The van der Waals surface area contributed by atoms with Crippen molar-refractivity contribution >= 4 is 11.8 Å². The van der Waals surface area contributed by atoms with E-state index in [1.807, 2.05) is 0 Å². The van der Waals surface area contributed by atoms with E-state index < -0.39 is 23.6 Å². The second-order valence-corrected chi connectivity index (χ2v) is 5.68. The van der Waals surface area contributed by atoms with Crippen LogP contribution in [-0.2, 0) is 17.4 Å². The number of nitrogens with zero attached hydrogens (tertiary/aromatic N) is 4. The highest BCUT2D eigenvalue weighted by molar-refractivity contribution is 5.95. The average molecular weight is 390 g/mol. The van der Waals surface area contributed by atoms with Gasteiger partial charge in [-0.25, -0.2) is 4.68 Å². The maximum atomic E-state index is 12.5. The standard InChI is InChI=1S/C17H13F3N6O2/c18-17(19,20)13-5-1-11(2-6-13)9-15(27)22-23-16(28)12-3-7-14(8-4-12)26-10-21-24-25-26/h1-8,10H,9H2,(H,22,27)(H,23,28). The Bertz CT molecular complexity index is 954. The molecule has 0 spiro atoms. The summed E-state index contributed by atoms with van der Waals surface area (Å²) in [5, 5.41) is 10.7. The number of hydrogen-bond acceptors (Lipinski definition) is 5. The zero-order valence-corrected chi connectivity index (χ0v) is 14.1. The van der Waals surface area contributed by atoms with Crippen LogP contribution in [0.4, 0.5) is 13.2 Å². The van der Waals surface area contributed by atoms with Crippen molar-refractivity contribution in [3.63, 3.8) is 0 Å². The number of amides is 2. The smallest absolute Gasteiger partial charge is 0.273 e. The Morgan fingerprint density at radius 3 is 2.21 bits per heavy atom. The van der Waals surface area contributed by atoms with Gasteiger partial charge in [0.1, 0.15) is 6.33 Å². The predicted octanol–water partition coefficient (Wildman–Crippen LogP) is 1.68. The van der Waals surface area contributed by atoms with Crippen LogP contribution in [0.5, 0.6) is 0 Å². The van der Waals surface area contributed by atoms with Crippen molar-refractivity contribution in [2.24, 2.45) is 0 Å². The molecule has 144 valence electrons. The van der Waals surface area contributed by atoms with Crippen molar-refractivity contribution in [3.05, 3.63) is 71.5 Å². The summed E-state index contributed by atoms with van der Waals surface area (Å²) in [7, 11) is 0. The summed E-state index contributed by atoms with van der Waals surface area (Å²) in [6, 6.07) is 10.5. The third-order valence-electron chi connectivity index (χ3n) is 3.70. The highest BCUT2D eigenvalue weighted by Gasteiger charge is 2.29. The van der Waals surface area contributed by atoms with Crippen LogP contribution >= 0.6 is 0 Å². The molecule has 0 aliphatic rings. The molecular formula is C17H13F3N6O2. The highest BCUT2D eigenvalue weighted by Crippen LogP contribution is 2.29. The molecule has 0 bridgehead atoms. The number of rotatable bonds is 4. The molecule has 11 heteroatoms. The van der Waals surface area contributed by atoms with Crippen LogP contribution < -0.4 is 10.9 Å². The number of carbonyl (C=O) groups excluding carboxylic acids is 2. The minimum Gasteiger partial charge on any atom is -0.273 e. The lowest BCUT2D eigenvalue weighted by Gasteiger charge is -2.09. The largest absolute Gasteiger partial charge is 0.416 e. The average Bonchev–Trinajstić information content (AvgIpc) is 3.21. The minimum absolute atomic E-state index is 0.184. The number of hydrogen-bond donors (Lipinski definition) is 2. The molecule has 0 saturated carbocycles. The van der Waals surface area contributed by atoms with Crippen molar-refractivity contribution in [3.8, 4) is 5.69 Å². The highest BCUT2D eigenvalue weighted by atomic mass is 19.4. The molecule has 2 N–H and O–H groups in total. The topological polar surface area (TPSA) is 102 Å². The van der Waals surface area contributed by atoms with Crippen molar-refractivity contribution < 1.29 is 22.8 Å². The summed E-state index contributed by atoms with van der Waals surface area (Å²) >= 11 is 0. The fraction of sp³-hybridized carbons (Fsp3) is 0.118. The first kappa shape index (κ1) is 19.0. The molecule has 8 nitrogen and oxygen atoms in total. The summed E-state index contributed by atoms with van der Waals surface area (Å²) in [6.07, 6.45) is -3.22. The normalized spacial score (nSPS) is 11.1. The molecule has 0 radical (unpaired) electrons. The lowest BCUT2D eigenvalue weighted by Crippen LogP contribution is -2.42.